The summed E-state index contributed by atoms with van der Waals surface area (Å²) in [5.41, 5.74) is 0.254. The Hall–Kier alpha value is -0.990. The van der Waals surface area contributed by atoms with Gasteiger partial charge in [0.05, 0.1) is 18.4 Å². The van der Waals surface area contributed by atoms with Crippen LogP contribution < -0.4 is 0 Å². The van der Waals surface area contributed by atoms with Crippen molar-refractivity contribution in [2.75, 3.05) is 6.61 Å². The van der Waals surface area contributed by atoms with Crippen molar-refractivity contribution in [1.82, 2.24) is 0 Å². The third-order valence-electron chi connectivity index (χ3n) is 2.75. The summed E-state index contributed by atoms with van der Waals surface area (Å²) in [6.45, 7) is 4.21. The molecule has 0 radical (unpaired) electrons. The Kier molecular flexibility index (Phi) is 10.8. The Bertz CT molecular complexity index is 222. The van der Waals surface area contributed by atoms with Crippen LogP contribution in [0.25, 0.3) is 0 Å². The normalized spacial score (nSPS) is 11.5. The van der Waals surface area contributed by atoms with Crippen LogP contribution >= 0.6 is 0 Å². The molecule has 0 aliphatic rings. The topological polar surface area (TPSA) is 46.5 Å². The van der Waals surface area contributed by atoms with E-state index in [1.54, 1.807) is 0 Å². The first-order valence-electron chi connectivity index (χ1n) is 6.70. The zero-order chi connectivity index (χ0) is 12.9. The molecule has 0 aromatic carbocycles. The molecule has 0 rings (SSSR count). The van der Waals surface area contributed by atoms with Crippen molar-refractivity contribution in [2.45, 2.75) is 65.2 Å². The van der Waals surface area contributed by atoms with Crippen LogP contribution in [0.15, 0.2) is 11.8 Å². The highest BCUT2D eigenvalue weighted by Crippen LogP contribution is 2.08. The van der Waals surface area contributed by atoms with Crippen LogP contribution in [-0.4, -0.2) is 17.7 Å². The number of aliphatic hydroxyl groups is 1. The summed E-state index contributed by atoms with van der Waals surface area (Å²) in [6, 6.07) is 0. The first kappa shape index (κ1) is 16.0. The molecule has 0 saturated heterocycles. The Morgan fingerprint density at radius 3 is 2.12 bits per heavy atom. The van der Waals surface area contributed by atoms with Crippen LogP contribution in [0.1, 0.15) is 65.2 Å². The molecule has 1 N–H and O–H groups in total. The highest BCUT2D eigenvalue weighted by molar-refractivity contribution is 5.87. The van der Waals surface area contributed by atoms with Crippen molar-refractivity contribution in [1.29, 1.82) is 0 Å². The van der Waals surface area contributed by atoms with Gasteiger partial charge in [0.2, 0.25) is 0 Å². The van der Waals surface area contributed by atoms with Gasteiger partial charge in [-0.15, -0.1) is 0 Å². The Balaban J connectivity index is 3.21. The molecule has 0 saturated carbocycles. The number of rotatable bonds is 10. The van der Waals surface area contributed by atoms with E-state index in [-0.39, 0.29) is 5.57 Å². The largest absolute Gasteiger partial charge is 0.515 e. The molecule has 0 atom stereocenters. The third-order valence-corrected chi connectivity index (χ3v) is 2.75. The van der Waals surface area contributed by atoms with Gasteiger partial charge in [-0.1, -0.05) is 51.9 Å². The van der Waals surface area contributed by atoms with Crippen LogP contribution in [0, 0.1) is 0 Å². The van der Waals surface area contributed by atoms with E-state index in [2.05, 4.69) is 6.92 Å². The van der Waals surface area contributed by atoms with E-state index in [1.807, 2.05) is 0 Å². The molecule has 0 unspecified atom stereocenters. The number of ether oxygens (including phenoxy) is 1. The van der Waals surface area contributed by atoms with Crippen molar-refractivity contribution < 1.29 is 14.6 Å². The van der Waals surface area contributed by atoms with Gasteiger partial charge in [-0.2, -0.15) is 0 Å². The van der Waals surface area contributed by atoms with E-state index >= 15 is 0 Å². The van der Waals surface area contributed by atoms with Gasteiger partial charge in [-0.25, -0.2) is 4.79 Å². The maximum absolute atomic E-state index is 11.1. The molecule has 3 nitrogen and oxygen atoms in total. The summed E-state index contributed by atoms with van der Waals surface area (Å²) in [4.78, 5) is 11.1. The Morgan fingerprint density at radius 1 is 1.06 bits per heavy atom. The SMILES string of the molecule is CCCCCCCCCCOC(=O)C(C)=CO. The zero-order valence-corrected chi connectivity index (χ0v) is 11.2. The summed E-state index contributed by atoms with van der Waals surface area (Å²) >= 11 is 0. The van der Waals surface area contributed by atoms with Crippen molar-refractivity contribution in [3.05, 3.63) is 11.8 Å². The molecule has 0 aromatic heterocycles. The van der Waals surface area contributed by atoms with Crippen LogP contribution in [0.2, 0.25) is 0 Å². The number of carbonyl (C=O) groups is 1. The van der Waals surface area contributed by atoms with Crippen LogP contribution in [-0.2, 0) is 9.53 Å². The van der Waals surface area contributed by atoms with E-state index < -0.39 is 5.97 Å². The van der Waals surface area contributed by atoms with Gasteiger partial charge in [-0.05, 0) is 13.3 Å². The van der Waals surface area contributed by atoms with Crippen molar-refractivity contribution >= 4 is 5.97 Å². The van der Waals surface area contributed by atoms with E-state index in [0.717, 1.165) is 19.1 Å². The molecule has 3 heteroatoms. The molecule has 0 fully saturated rings. The number of esters is 1. The number of hydrogen-bond donors (Lipinski definition) is 1. The molecule has 17 heavy (non-hydrogen) atoms. The van der Waals surface area contributed by atoms with Crippen LogP contribution in [0.5, 0.6) is 0 Å². The van der Waals surface area contributed by atoms with Crippen molar-refractivity contribution in [2.24, 2.45) is 0 Å². The minimum Gasteiger partial charge on any atom is -0.515 e. The molecule has 0 aromatic rings. The lowest BCUT2D eigenvalue weighted by atomic mass is 10.1. The van der Waals surface area contributed by atoms with Gasteiger partial charge in [0.15, 0.2) is 0 Å². The smallest absolute Gasteiger partial charge is 0.336 e. The highest BCUT2D eigenvalue weighted by atomic mass is 16.5. The molecule has 0 spiro atoms. The first-order chi connectivity index (χ1) is 8.22. The maximum atomic E-state index is 11.1. The average molecular weight is 242 g/mol. The highest BCUT2D eigenvalue weighted by Gasteiger charge is 2.04. The minimum absolute atomic E-state index is 0.254. The summed E-state index contributed by atoms with van der Waals surface area (Å²) in [7, 11) is 0. The molecule has 0 aliphatic heterocycles. The number of carbonyl (C=O) groups excluding carboxylic acids is 1. The number of unbranched alkanes of at least 4 members (excludes halogenated alkanes) is 7. The number of hydrogen-bond acceptors (Lipinski definition) is 3. The molecule has 0 aliphatic carbocycles. The van der Waals surface area contributed by atoms with Crippen molar-refractivity contribution in [3.8, 4) is 0 Å². The summed E-state index contributed by atoms with van der Waals surface area (Å²) in [6.07, 6.45) is 10.6. The summed E-state index contributed by atoms with van der Waals surface area (Å²) in [5.74, 6) is -0.421. The van der Waals surface area contributed by atoms with Gasteiger partial charge >= 0.3 is 5.97 Å². The second-order valence-corrected chi connectivity index (χ2v) is 4.42. The maximum Gasteiger partial charge on any atom is 0.336 e. The quantitative estimate of drug-likeness (QED) is 0.271. The molecule has 0 heterocycles. The predicted molar refractivity (Wildman–Crippen MR) is 70.0 cm³/mol. The monoisotopic (exact) mass is 242 g/mol. The Morgan fingerprint density at radius 2 is 1.59 bits per heavy atom. The predicted octanol–water partition coefficient (Wildman–Crippen LogP) is 4.13. The Labute approximate surface area is 105 Å². The second-order valence-electron chi connectivity index (χ2n) is 4.42. The van der Waals surface area contributed by atoms with Crippen molar-refractivity contribution in [3.63, 3.8) is 0 Å². The van der Waals surface area contributed by atoms with Crippen LogP contribution in [0.4, 0.5) is 0 Å². The third kappa shape index (κ3) is 9.91. The number of aliphatic hydroxyl groups excluding tert-OH is 1. The van der Waals surface area contributed by atoms with Gasteiger partial charge < -0.3 is 9.84 Å². The summed E-state index contributed by atoms with van der Waals surface area (Å²) < 4.78 is 4.97. The fourth-order valence-corrected chi connectivity index (χ4v) is 1.57. The van der Waals surface area contributed by atoms with Gasteiger partial charge in [-0.3, -0.25) is 0 Å². The van der Waals surface area contributed by atoms with Gasteiger partial charge in [0.1, 0.15) is 0 Å². The lowest BCUT2D eigenvalue weighted by molar-refractivity contribution is -0.139. The van der Waals surface area contributed by atoms with E-state index in [4.69, 9.17) is 9.84 Å². The molecular weight excluding hydrogens is 216 g/mol. The second kappa shape index (κ2) is 11.5. The van der Waals surface area contributed by atoms with Crippen LogP contribution in [0.3, 0.4) is 0 Å². The summed E-state index contributed by atoms with van der Waals surface area (Å²) in [5, 5.41) is 8.59. The fourth-order valence-electron chi connectivity index (χ4n) is 1.57. The van der Waals surface area contributed by atoms with Gasteiger partial charge in [0.25, 0.3) is 0 Å². The lowest BCUT2D eigenvalue weighted by Gasteiger charge is -2.04. The lowest BCUT2D eigenvalue weighted by Crippen LogP contribution is -2.07. The zero-order valence-electron chi connectivity index (χ0n) is 11.2. The van der Waals surface area contributed by atoms with E-state index in [9.17, 15) is 4.79 Å². The fraction of sp³-hybridized carbons (Fsp3) is 0.786. The van der Waals surface area contributed by atoms with E-state index in [0.29, 0.717) is 6.61 Å². The average Bonchev–Trinajstić information content (AvgIpc) is 2.35. The molecular formula is C14H26O3. The van der Waals surface area contributed by atoms with E-state index in [1.165, 1.54) is 45.4 Å². The molecule has 0 bridgehead atoms. The minimum atomic E-state index is -0.421. The standard InChI is InChI=1S/C14H26O3/c1-3-4-5-6-7-8-9-10-11-17-14(16)13(2)12-15/h12,15H,3-11H2,1-2H3. The first-order valence-corrected chi connectivity index (χ1v) is 6.70. The molecule has 100 valence electrons. The van der Waals surface area contributed by atoms with Gasteiger partial charge in [0, 0.05) is 0 Å². The molecule has 0 amide bonds.